The van der Waals surface area contributed by atoms with E-state index in [2.05, 4.69) is 20.4 Å². The van der Waals surface area contributed by atoms with Crippen LogP contribution < -0.4 is 25.3 Å². The molecule has 0 saturated carbocycles. The smallest absolute Gasteiger partial charge is 0.413 e. The second-order valence-electron chi connectivity index (χ2n) is 6.99. The zero-order chi connectivity index (χ0) is 25.8. The Hall–Kier alpha value is -3.84. The van der Waals surface area contributed by atoms with Crippen molar-refractivity contribution in [2.75, 3.05) is 32.8 Å². The molecule has 35 heavy (non-hydrogen) atoms. The summed E-state index contributed by atoms with van der Waals surface area (Å²) in [5.74, 6) is -0.710. The molecule has 0 aliphatic rings. The van der Waals surface area contributed by atoms with E-state index in [1.54, 1.807) is 6.07 Å². The number of alkyl carbamates (subject to hydrolysis) is 1. The Kier molecular flexibility index (Phi) is 10.3. The lowest BCUT2D eigenvalue weighted by Gasteiger charge is -2.14. The van der Waals surface area contributed by atoms with E-state index < -0.39 is 22.1 Å². The molecule has 0 radical (unpaired) electrons. The molecule has 0 unspecified atom stereocenters. The summed E-state index contributed by atoms with van der Waals surface area (Å²) in [6.45, 7) is 2.19. The number of carbonyl (C=O) groups is 2. The first kappa shape index (κ1) is 27.4. The van der Waals surface area contributed by atoms with Gasteiger partial charge in [0.25, 0.3) is 0 Å². The number of benzene rings is 2. The van der Waals surface area contributed by atoms with Crippen LogP contribution in [0.25, 0.3) is 0 Å². The van der Waals surface area contributed by atoms with Gasteiger partial charge in [-0.3, -0.25) is 10.1 Å². The van der Waals surface area contributed by atoms with Crippen molar-refractivity contribution in [3.8, 4) is 11.5 Å². The van der Waals surface area contributed by atoms with Crippen LogP contribution in [0.4, 0.5) is 16.2 Å². The SMILES string of the molecule is CCCCOc1cccc(S(=O)(=O)Oc2cc(N=C(N)NC(=O)OC)ccc2NC(=O)COC)c1. The Balaban J connectivity index is 2.38. The standard InChI is InChI=1S/C22H28N4O8S/c1-4-5-11-33-16-7-6-8-17(13-16)35(29,30)34-19-12-15(24-21(23)26-22(28)32-3)9-10-18(19)25-20(27)14-31-2/h6-10,12-13H,4-5,11,14H2,1-3H3,(H,25,27)(H3,23,24,26,28). The van der Waals surface area contributed by atoms with Gasteiger partial charge in [-0.2, -0.15) is 8.42 Å². The molecule has 2 aromatic rings. The van der Waals surface area contributed by atoms with Crippen LogP contribution in [0.3, 0.4) is 0 Å². The van der Waals surface area contributed by atoms with Crippen molar-refractivity contribution in [3.05, 3.63) is 42.5 Å². The van der Waals surface area contributed by atoms with Gasteiger partial charge < -0.3 is 29.4 Å². The number of hydrogen-bond acceptors (Lipinski definition) is 9. The number of methoxy groups -OCH3 is 2. The second kappa shape index (κ2) is 13.2. The summed E-state index contributed by atoms with van der Waals surface area (Å²) in [5, 5.41) is 4.68. The highest BCUT2D eigenvalue weighted by Gasteiger charge is 2.21. The number of rotatable bonds is 11. The van der Waals surface area contributed by atoms with E-state index in [1.807, 2.05) is 6.92 Å². The molecule has 4 N–H and O–H groups in total. The zero-order valence-electron chi connectivity index (χ0n) is 19.6. The number of carbonyl (C=O) groups excluding carboxylic acids is 2. The number of unbranched alkanes of at least 4 members (excludes halogenated alkanes) is 1. The molecule has 0 bridgehead atoms. The third-order valence-corrected chi connectivity index (χ3v) is 5.47. The summed E-state index contributed by atoms with van der Waals surface area (Å²) in [4.78, 5) is 27.1. The van der Waals surface area contributed by atoms with Gasteiger partial charge in [0.05, 0.1) is 25.1 Å². The minimum Gasteiger partial charge on any atom is -0.494 e. The van der Waals surface area contributed by atoms with Crippen molar-refractivity contribution in [3.63, 3.8) is 0 Å². The summed E-state index contributed by atoms with van der Waals surface area (Å²) in [5.41, 5.74) is 5.83. The maximum Gasteiger partial charge on any atom is 0.413 e. The van der Waals surface area contributed by atoms with Gasteiger partial charge in [0, 0.05) is 19.2 Å². The van der Waals surface area contributed by atoms with Crippen molar-refractivity contribution in [2.24, 2.45) is 10.7 Å². The number of anilines is 1. The lowest BCUT2D eigenvalue weighted by atomic mass is 10.2. The predicted octanol–water partition coefficient (Wildman–Crippen LogP) is 2.52. The lowest BCUT2D eigenvalue weighted by Crippen LogP contribution is -2.36. The average molecular weight is 509 g/mol. The highest BCUT2D eigenvalue weighted by atomic mass is 32.2. The molecule has 0 heterocycles. The fourth-order valence-corrected chi connectivity index (χ4v) is 3.59. The Labute approximate surface area is 203 Å². The Morgan fingerprint density at radius 3 is 2.57 bits per heavy atom. The molecular weight excluding hydrogens is 480 g/mol. The van der Waals surface area contributed by atoms with Crippen LogP contribution in [0.15, 0.2) is 52.4 Å². The van der Waals surface area contributed by atoms with Crippen molar-refractivity contribution >= 4 is 39.5 Å². The number of nitrogens with two attached hydrogens (primary N) is 1. The average Bonchev–Trinajstić information content (AvgIpc) is 2.81. The molecule has 0 aromatic heterocycles. The van der Waals surface area contributed by atoms with Crippen LogP contribution in [0.1, 0.15) is 19.8 Å². The van der Waals surface area contributed by atoms with E-state index in [1.165, 1.54) is 43.5 Å². The third kappa shape index (κ3) is 8.79. The van der Waals surface area contributed by atoms with Crippen LogP contribution in [-0.2, 0) is 24.4 Å². The third-order valence-electron chi connectivity index (χ3n) is 4.24. The molecule has 12 nitrogen and oxygen atoms in total. The molecule has 0 spiro atoms. The number of hydrogen-bond donors (Lipinski definition) is 3. The van der Waals surface area contributed by atoms with Gasteiger partial charge in [-0.05, 0) is 30.7 Å². The minimum absolute atomic E-state index is 0.0458. The quantitative estimate of drug-likeness (QED) is 0.179. The second-order valence-corrected chi connectivity index (χ2v) is 8.54. The maximum atomic E-state index is 13.0. The summed E-state index contributed by atoms with van der Waals surface area (Å²) in [7, 11) is -1.84. The van der Waals surface area contributed by atoms with Crippen LogP contribution in [0.2, 0.25) is 0 Å². The largest absolute Gasteiger partial charge is 0.494 e. The summed E-state index contributed by atoms with van der Waals surface area (Å²) >= 11 is 0. The molecule has 0 fully saturated rings. The number of nitrogens with zero attached hydrogens (tertiary/aromatic N) is 1. The van der Waals surface area contributed by atoms with E-state index in [0.29, 0.717) is 12.4 Å². The summed E-state index contributed by atoms with van der Waals surface area (Å²) in [6, 6.07) is 9.88. The van der Waals surface area contributed by atoms with Gasteiger partial charge in [0.15, 0.2) is 5.75 Å². The van der Waals surface area contributed by atoms with E-state index >= 15 is 0 Å². The van der Waals surface area contributed by atoms with Crippen LogP contribution >= 0.6 is 0 Å². The number of ether oxygens (including phenoxy) is 3. The highest BCUT2D eigenvalue weighted by Crippen LogP contribution is 2.32. The van der Waals surface area contributed by atoms with Crippen LogP contribution in [0, 0.1) is 0 Å². The summed E-state index contributed by atoms with van der Waals surface area (Å²) < 4.78 is 46.2. The van der Waals surface area contributed by atoms with Crippen molar-refractivity contribution in [1.82, 2.24) is 5.32 Å². The lowest BCUT2D eigenvalue weighted by molar-refractivity contribution is -0.119. The Morgan fingerprint density at radius 2 is 1.89 bits per heavy atom. The fourth-order valence-electron chi connectivity index (χ4n) is 2.61. The van der Waals surface area contributed by atoms with Gasteiger partial charge in [0.2, 0.25) is 11.9 Å². The molecule has 0 saturated heterocycles. The summed E-state index contributed by atoms with van der Waals surface area (Å²) in [6.07, 6.45) is 0.908. The molecule has 2 aromatic carbocycles. The normalized spacial score (nSPS) is 11.5. The van der Waals surface area contributed by atoms with Crippen LogP contribution in [0.5, 0.6) is 11.5 Å². The Morgan fingerprint density at radius 1 is 1.11 bits per heavy atom. The number of amides is 2. The molecule has 0 aliphatic heterocycles. The first-order valence-corrected chi connectivity index (χ1v) is 11.9. The van der Waals surface area contributed by atoms with Crippen molar-refractivity contribution in [2.45, 2.75) is 24.7 Å². The molecule has 0 atom stereocenters. The van der Waals surface area contributed by atoms with Gasteiger partial charge in [0.1, 0.15) is 17.3 Å². The van der Waals surface area contributed by atoms with Gasteiger partial charge in [-0.25, -0.2) is 9.79 Å². The van der Waals surface area contributed by atoms with E-state index in [4.69, 9.17) is 19.4 Å². The maximum absolute atomic E-state index is 13.0. The van der Waals surface area contributed by atoms with E-state index in [9.17, 15) is 18.0 Å². The van der Waals surface area contributed by atoms with Gasteiger partial charge in [-0.15, -0.1) is 0 Å². The van der Waals surface area contributed by atoms with Crippen molar-refractivity contribution < 1.29 is 36.4 Å². The first-order chi connectivity index (χ1) is 16.7. The zero-order valence-corrected chi connectivity index (χ0v) is 20.4. The number of guanidine groups is 1. The highest BCUT2D eigenvalue weighted by molar-refractivity contribution is 7.87. The molecule has 2 rings (SSSR count). The Bertz CT molecular complexity index is 1170. The molecule has 13 heteroatoms. The topological polar surface area (TPSA) is 168 Å². The van der Waals surface area contributed by atoms with Gasteiger partial charge >= 0.3 is 16.2 Å². The van der Waals surface area contributed by atoms with Gasteiger partial charge in [-0.1, -0.05) is 19.4 Å². The van der Waals surface area contributed by atoms with E-state index in [-0.39, 0.29) is 34.6 Å². The van der Waals surface area contributed by atoms with E-state index in [0.717, 1.165) is 20.0 Å². The minimum atomic E-state index is -4.34. The number of nitrogens with one attached hydrogen (secondary N) is 2. The van der Waals surface area contributed by atoms with Crippen LogP contribution in [-0.4, -0.2) is 53.8 Å². The molecule has 190 valence electrons. The molecule has 2 amide bonds. The number of aliphatic imine (C=N–C) groups is 1. The predicted molar refractivity (Wildman–Crippen MR) is 128 cm³/mol. The molecular formula is C22H28N4O8S. The molecule has 0 aliphatic carbocycles. The first-order valence-electron chi connectivity index (χ1n) is 10.5. The monoisotopic (exact) mass is 508 g/mol. The fraction of sp³-hybridized carbons (Fsp3) is 0.318. The van der Waals surface area contributed by atoms with Crippen molar-refractivity contribution in [1.29, 1.82) is 0 Å².